The van der Waals surface area contributed by atoms with Crippen LogP contribution in [0.4, 0.5) is 0 Å². The van der Waals surface area contributed by atoms with Crippen molar-refractivity contribution in [3.05, 3.63) is 0 Å². The van der Waals surface area contributed by atoms with Gasteiger partial charge in [-0.25, -0.2) is 0 Å². The molecule has 114 valence electrons. The summed E-state index contributed by atoms with van der Waals surface area (Å²) in [7, 11) is 0. The number of hydrogen-bond donors (Lipinski definition) is 3. The summed E-state index contributed by atoms with van der Waals surface area (Å²) in [6, 6.07) is 0.0166. The van der Waals surface area contributed by atoms with E-state index in [2.05, 4.69) is 10.6 Å². The zero-order valence-corrected chi connectivity index (χ0v) is 12.0. The van der Waals surface area contributed by atoms with Crippen molar-refractivity contribution >= 4 is 17.8 Å². The fourth-order valence-electron chi connectivity index (χ4n) is 2.49. The average Bonchev–Trinajstić information content (AvgIpc) is 2.81. The molecule has 20 heavy (non-hydrogen) atoms. The lowest BCUT2D eigenvalue weighted by atomic mass is 10.1. The molecule has 0 aliphatic heterocycles. The lowest BCUT2D eigenvalue weighted by Crippen LogP contribution is -2.33. The van der Waals surface area contributed by atoms with Crippen molar-refractivity contribution in [3.63, 3.8) is 0 Å². The van der Waals surface area contributed by atoms with Crippen LogP contribution >= 0.6 is 0 Å². The first kappa shape index (κ1) is 16.5. The maximum atomic E-state index is 11.7. The van der Waals surface area contributed by atoms with E-state index in [1.54, 1.807) is 0 Å². The smallest absolute Gasteiger partial charge is 0.306 e. The molecule has 0 bridgehead atoms. The number of carboxylic acids is 1. The summed E-state index contributed by atoms with van der Waals surface area (Å²) in [5, 5.41) is 14.5. The van der Waals surface area contributed by atoms with Crippen molar-refractivity contribution in [1.82, 2.24) is 10.6 Å². The van der Waals surface area contributed by atoms with Gasteiger partial charge >= 0.3 is 5.97 Å². The SMILES string of the molecule is CC(=O)NCCCCCC(=O)N[C@@H]1CC[C@H](C(=O)O)C1. The van der Waals surface area contributed by atoms with Gasteiger partial charge in [-0.05, 0) is 32.1 Å². The first-order chi connectivity index (χ1) is 9.49. The number of hydrogen-bond acceptors (Lipinski definition) is 3. The lowest BCUT2D eigenvalue weighted by Gasteiger charge is -2.12. The van der Waals surface area contributed by atoms with E-state index in [1.165, 1.54) is 6.92 Å². The van der Waals surface area contributed by atoms with Crippen LogP contribution in [0.1, 0.15) is 51.9 Å². The van der Waals surface area contributed by atoms with E-state index in [-0.39, 0.29) is 23.8 Å². The normalized spacial score (nSPS) is 21.4. The Morgan fingerprint density at radius 1 is 1.15 bits per heavy atom. The largest absolute Gasteiger partial charge is 0.481 e. The second kappa shape index (κ2) is 8.55. The predicted molar refractivity (Wildman–Crippen MR) is 74.1 cm³/mol. The molecule has 0 heterocycles. The summed E-state index contributed by atoms with van der Waals surface area (Å²) < 4.78 is 0. The van der Waals surface area contributed by atoms with Gasteiger partial charge < -0.3 is 15.7 Å². The molecule has 6 heteroatoms. The van der Waals surface area contributed by atoms with E-state index in [9.17, 15) is 14.4 Å². The summed E-state index contributed by atoms with van der Waals surface area (Å²) in [5.41, 5.74) is 0. The third kappa shape index (κ3) is 6.54. The van der Waals surface area contributed by atoms with Crippen LogP contribution in [0.3, 0.4) is 0 Å². The molecule has 1 fully saturated rings. The molecule has 0 radical (unpaired) electrons. The summed E-state index contributed by atoms with van der Waals surface area (Å²) in [4.78, 5) is 33.1. The van der Waals surface area contributed by atoms with Crippen LogP contribution in [0, 0.1) is 5.92 Å². The molecule has 6 nitrogen and oxygen atoms in total. The Bertz CT molecular complexity index is 357. The maximum absolute atomic E-state index is 11.7. The zero-order valence-electron chi connectivity index (χ0n) is 12.0. The molecule has 2 amide bonds. The Balaban J connectivity index is 2.04. The topological polar surface area (TPSA) is 95.5 Å². The van der Waals surface area contributed by atoms with E-state index >= 15 is 0 Å². The van der Waals surface area contributed by atoms with Crippen molar-refractivity contribution in [2.24, 2.45) is 5.92 Å². The summed E-state index contributed by atoms with van der Waals surface area (Å²) in [6.45, 7) is 2.14. The number of rotatable bonds is 8. The van der Waals surface area contributed by atoms with Crippen LogP contribution in [0.2, 0.25) is 0 Å². The number of unbranched alkanes of at least 4 members (excludes halogenated alkanes) is 2. The highest BCUT2D eigenvalue weighted by Gasteiger charge is 2.30. The second-order valence-electron chi connectivity index (χ2n) is 5.41. The van der Waals surface area contributed by atoms with Gasteiger partial charge in [0, 0.05) is 25.9 Å². The van der Waals surface area contributed by atoms with Crippen molar-refractivity contribution in [2.45, 2.75) is 57.9 Å². The van der Waals surface area contributed by atoms with Gasteiger partial charge in [0.25, 0.3) is 0 Å². The molecule has 2 atom stereocenters. The van der Waals surface area contributed by atoms with Gasteiger partial charge in [0.05, 0.1) is 5.92 Å². The standard InChI is InChI=1S/C14H24N2O4/c1-10(17)15-8-4-2-3-5-13(18)16-12-7-6-11(9-12)14(19)20/h11-12H,2-9H2,1H3,(H,15,17)(H,16,18)(H,19,20)/t11-,12+/m0/s1. The third-order valence-electron chi connectivity index (χ3n) is 3.60. The Labute approximate surface area is 119 Å². The number of carbonyl (C=O) groups excluding carboxylic acids is 2. The fraction of sp³-hybridized carbons (Fsp3) is 0.786. The quantitative estimate of drug-likeness (QED) is 0.581. The number of carbonyl (C=O) groups is 3. The minimum absolute atomic E-state index is 0.000524. The van der Waals surface area contributed by atoms with E-state index in [0.717, 1.165) is 25.7 Å². The summed E-state index contributed by atoms with van der Waals surface area (Å²) in [6.07, 6.45) is 4.98. The highest BCUT2D eigenvalue weighted by Crippen LogP contribution is 2.25. The first-order valence-electron chi connectivity index (χ1n) is 7.25. The molecule has 0 spiro atoms. The first-order valence-corrected chi connectivity index (χ1v) is 7.25. The van der Waals surface area contributed by atoms with Crippen molar-refractivity contribution < 1.29 is 19.5 Å². The fourth-order valence-corrected chi connectivity index (χ4v) is 2.49. The van der Waals surface area contributed by atoms with Crippen molar-refractivity contribution in [2.75, 3.05) is 6.54 Å². The number of carboxylic acid groups (broad SMARTS) is 1. The maximum Gasteiger partial charge on any atom is 0.306 e. The molecule has 1 aliphatic carbocycles. The molecule has 0 aromatic carbocycles. The molecule has 1 aliphatic rings. The van der Waals surface area contributed by atoms with Gasteiger partial charge in [0.15, 0.2) is 0 Å². The monoisotopic (exact) mass is 284 g/mol. The van der Waals surface area contributed by atoms with Crippen LogP contribution in [0.25, 0.3) is 0 Å². The Morgan fingerprint density at radius 3 is 2.50 bits per heavy atom. The van der Waals surface area contributed by atoms with E-state index in [1.807, 2.05) is 0 Å². The lowest BCUT2D eigenvalue weighted by molar-refractivity contribution is -0.141. The Morgan fingerprint density at radius 2 is 1.90 bits per heavy atom. The summed E-state index contributed by atoms with van der Waals surface area (Å²) >= 11 is 0. The third-order valence-corrected chi connectivity index (χ3v) is 3.60. The van der Waals surface area contributed by atoms with Gasteiger partial charge in [0.2, 0.25) is 11.8 Å². The zero-order chi connectivity index (χ0) is 15.0. The molecular weight excluding hydrogens is 260 g/mol. The number of aliphatic carboxylic acids is 1. The van der Waals surface area contributed by atoms with Crippen LogP contribution < -0.4 is 10.6 Å². The number of amides is 2. The Hall–Kier alpha value is -1.59. The van der Waals surface area contributed by atoms with E-state index in [4.69, 9.17) is 5.11 Å². The van der Waals surface area contributed by atoms with Crippen LogP contribution in [0.15, 0.2) is 0 Å². The van der Waals surface area contributed by atoms with Gasteiger partial charge in [0.1, 0.15) is 0 Å². The average molecular weight is 284 g/mol. The molecule has 0 unspecified atom stereocenters. The summed E-state index contributed by atoms with van der Waals surface area (Å²) in [5.74, 6) is -1.10. The van der Waals surface area contributed by atoms with Crippen LogP contribution in [-0.2, 0) is 14.4 Å². The molecule has 0 saturated heterocycles. The highest BCUT2D eigenvalue weighted by molar-refractivity contribution is 5.76. The molecule has 1 rings (SSSR count). The van der Waals surface area contributed by atoms with Crippen molar-refractivity contribution in [3.8, 4) is 0 Å². The highest BCUT2D eigenvalue weighted by atomic mass is 16.4. The molecule has 1 saturated carbocycles. The van der Waals surface area contributed by atoms with Gasteiger partial charge in [-0.2, -0.15) is 0 Å². The molecule has 0 aromatic heterocycles. The van der Waals surface area contributed by atoms with E-state index < -0.39 is 5.97 Å². The predicted octanol–water partition coefficient (Wildman–Crippen LogP) is 1.05. The van der Waals surface area contributed by atoms with Crippen LogP contribution in [0.5, 0.6) is 0 Å². The van der Waals surface area contributed by atoms with E-state index in [0.29, 0.717) is 25.8 Å². The second-order valence-corrected chi connectivity index (χ2v) is 5.41. The van der Waals surface area contributed by atoms with Gasteiger partial charge in [-0.3, -0.25) is 14.4 Å². The molecule has 3 N–H and O–H groups in total. The minimum atomic E-state index is -0.764. The molecular formula is C14H24N2O4. The van der Waals surface area contributed by atoms with Gasteiger partial charge in [-0.1, -0.05) is 6.42 Å². The molecule has 0 aromatic rings. The Kier molecular flexibility index (Phi) is 7.04. The van der Waals surface area contributed by atoms with Crippen LogP contribution in [-0.4, -0.2) is 35.5 Å². The van der Waals surface area contributed by atoms with Gasteiger partial charge in [-0.15, -0.1) is 0 Å². The number of nitrogens with one attached hydrogen (secondary N) is 2. The minimum Gasteiger partial charge on any atom is -0.481 e. The van der Waals surface area contributed by atoms with Crippen molar-refractivity contribution in [1.29, 1.82) is 0 Å².